The highest BCUT2D eigenvalue weighted by Gasteiger charge is 2.29. The van der Waals surface area contributed by atoms with Gasteiger partial charge in [0, 0.05) is 51.9 Å². The first kappa shape index (κ1) is 21.4. The Morgan fingerprint density at radius 2 is 1.76 bits per heavy atom. The number of hydrogen-bond donors (Lipinski definition) is 1. The second-order valence-corrected chi connectivity index (χ2v) is 8.88. The molecule has 8 heteroatoms. The third-order valence-corrected chi connectivity index (χ3v) is 6.80. The lowest BCUT2D eigenvalue weighted by Crippen LogP contribution is -2.48. The molecule has 1 N–H and O–H groups in total. The van der Waals surface area contributed by atoms with E-state index in [1.54, 1.807) is 19.2 Å². The topological polar surface area (TPSA) is 78.9 Å². The summed E-state index contributed by atoms with van der Waals surface area (Å²) in [6.45, 7) is 3.79. The van der Waals surface area contributed by atoms with Crippen molar-refractivity contribution in [2.24, 2.45) is 0 Å². The van der Waals surface area contributed by atoms with Crippen molar-refractivity contribution in [2.45, 2.75) is 11.4 Å². The minimum absolute atomic E-state index is 0.147. The lowest BCUT2D eigenvalue weighted by molar-refractivity contribution is 0.0937. The number of hydrogen-bond acceptors (Lipinski definition) is 5. The molecule has 0 aromatic heterocycles. The first-order valence-electron chi connectivity index (χ1n) is 9.64. The summed E-state index contributed by atoms with van der Waals surface area (Å²) in [4.78, 5) is 14.6. The average Bonchev–Trinajstić information content (AvgIpc) is 2.75. The van der Waals surface area contributed by atoms with E-state index in [9.17, 15) is 13.2 Å². The van der Waals surface area contributed by atoms with E-state index in [0.717, 1.165) is 6.54 Å². The predicted octanol–water partition coefficient (Wildman–Crippen LogP) is 1.57. The van der Waals surface area contributed by atoms with Crippen molar-refractivity contribution in [3.63, 3.8) is 0 Å². The Hall–Kier alpha value is -2.26. The van der Waals surface area contributed by atoms with Gasteiger partial charge in [0.15, 0.2) is 0 Å². The number of ether oxygens (including phenoxy) is 1. The van der Waals surface area contributed by atoms with Crippen LogP contribution in [-0.2, 0) is 21.3 Å². The molecule has 0 atom stereocenters. The van der Waals surface area contributed by atoms with E-state index in [1.165, 1.54) is 22.0 Å². The zero-order valence-corrected chi connectivity index (χ0v) is 17.4. The molecule has 2 aromatic carbocycles. The van der Waals surface area contributed by atoms with Crippen LogP contribution in [0.5, 0.6) is 0 Å². The van der Waals surface area contributed by atoms with Gasteiger partial charge in [-0.2, -0.15) is 4.31 Å². The number of methoxy groups -OCH3 is 1. The fourth-order valence-electron chi connectivity index (χ4n) is 3.29. The molecule has 1 amide bonds. The molecule has 0 radical (unpaired) electrons. The van der Waals surface area contributed by atoms with Gasteiger partial charge in [0.1, 0.15) is 0 Å². The van der Waals surface area contributed by atoms with Gasteiger partial charge in [-0.1, -0.05) is 36.4 Å². The Morgan fingerprint density at radius 3 is 2.45 bits per heavy atom. The minimum Gasteiger partial charge on any atom is -0.383 e. The van der Waals surface area contributed by atoms with Gasteiger partial charge in [0.2, 0.25) is 10.0 Å². The van der Waals surface area contributed by atoms with Crippen LogP contribution in [0.25, 0.3) is 0 Å². The van der Waals surface area contributed by atoms with Crippen LogP contribution in [0.1, 0.15) is 15.9 Å². The normalized spacial score (nSPS) is 15.9. The standard InChI is InChI=1S/C21H27N3O4S/c1-28-15-10-22-21(25)19-8-5-9-20(16-19)29(26,27)24-13-11-23(12-14-24)17-18-6-3-2-4-7-18/h2-9,16H,10-15,17H2,1H3,(H,22,25). The van der Waals surface area contributed by atoms with Gasteiger partial charge >= 0.3 is 0 Å². The summed E-state index contributed by atoms with van der Waals surface area (Å²) in [7, 11) is -2.08. The van der Waals surface area contributed by atoms with Crippen molar-refractivity contribution in [3.8, 4) is 0 Å². The summed E-state index contributed by atoms with van der Waals surface area (Å²) in [5, 5.41) is 2.71. The van der Waals surface area contributed by atoms with E-state index in [0.29, 0.717) is 44.9 Å². The fourth-order valence-corrected chi connectivity index (χ4v) is 4.75. The van der Waals surface area contributed by atoms with Crippen molar-refractivity contribution >= 4 is 15.9 Å². The monoisotopic (exact) mass is 417 g/mol. The molecule has 0 aliphatic carbocycles. The van der Waals surface area contributed by atoms with E-state index >= 15 is 0 Å². The van der Waals surface area contributed by atoms with Crippen LogP contribution in [0.2, 0.25) is 0 Å². The third kappa shape index (κ3) is 5.63. The van der Waals surface area contributed by atoms with Gasteiger partial charge in [-0.25, -0.2) is 8.42 Å². The molecule has 1 saturated heterocycles. The Balaban J connectivity index is 1.62. The van der Waals surface area contributed by atoms with Crippen LogP contribution >= 0.6 is 0 Å². The molecular formula is C21H27N3O4S. The van der Waals surface area contributed by atoms with E-state index in [2.05, 4.69) is 22.3 Å². The third-order valence-electron chi connectivity index (χ3n) is 4.91. The average molecular weight is 418 g/mol. The van der Waals surface area contributed by atoms with Crippen molar-refractivity contribution in [2.75, 3.05) is 46.4 Å². The smallest absolute Gasteiger partial charge is 0.251 e. The van der Waals surface area contributed by atoms with Gasteiger partial charge in [-0.3, -0.25) is 9.69 Å². The molecule has 29 heavy (non-hydrogen) atoms. The number of rotatable bonds is 8. The highest BCUT2D eigenvalue weighted by molar-refractivity contribution is 7.89. The maximum absolute atomic E-state index is 13.0. The van der Waals surface area contributed by atoms with Crippen molar-refractivity contribution in [1.82, 2.24) is 14.5 Å². The number of benzene rings is 2. The Labute approximate surface area is 172 Å². The summed E-state index contributed by atoms with van der Waals surface area (Å²) in [5.41, 5.74) is 1.54. The van der Waals surface area contributed by atoms with Crippen LogP contribution in [0, 0.1) is 0 Å². The van der Waals surface area contributed by atoms with Crippen molar-refractivity contribution < 1.29 is 17.9 Å². The number of nitrogens with zero attached hydrogens (tertiary/aromatic N) is 2. The second-order valence-electron chi connectivity index (χ2n) is 6.94. The summed E-state index contributed by atoms with van der Waals surface area (Å²) < 4.78 is 32.5. The predicted molar refractivity (Wildman–Crippen MR) is 111 cm³/mol. The van der Waals surface area contributed by atoms with Crippen LogP contribution in [0.4, 0.5) is 0 Å². The zero-order chi connectivity index (χ0) is 20.7. The first-order chi connectivity index (χ1) is 14.0. The summed E-state index contributed by atoms with van der Waals surface area (Å²) in [6, 6.07) is 16.3. The number of amides is 1. The van der Waals surface area contributed by atoms with Crippen LogP contribution in [0.15, 0.2) is 59.5 Å². The minimum atomic E-state index is -3.64. The highest BCUT2D eigenvalue weighted by atomic mass is 32.2. The number of carbonyl (C=O) groups is 1. The quantitative estimate of drug-likeness (QED) is 0.660. The summed E-state index contributed by atoms with van der Waals surface area (Å²) in [5.74, 6) is -0.313. The van der Waals surface area contributed by atoms with Crippen LogP contribution in [-0.4, -0.2) is 70.0 Å². The van der Waals surface area contributed by atoms with E-state index in [4.69, 9.17) is 4.74 Å². The summed E-state index contributed by atoms with van der Waals surface area (Å²) in [6.07, 6.45) is 0. The molecule has 1 fully saturated rings. The second kappa shape index (κ2) is 9.98. The molecule has 0 saturated carbocycles. The Morgan fingerprint density at radius 1 is 1.03 bits per heavy atom. The number of sulfonamides is 1. The first-order valence-corrected chi connectivity index (χ1v) is 11.1. The van der Waals surface area contributed by atoms with Gasteiger partial charge in [-0.15, -0.1) is 0 Å². The molecule has 0 spiro atoms. The lowest BCUT2D eigenvalue weighted by Gasteiger charge is -2.34. The fraction of sp³-hybridized carbons (Fsp3) is 0.381. The van der Waals surface area contributed by atoms with Gasteiger partial charge < -0.3 is 10.1 Å². The molecule has 1 heterocycles. The highest BCUT2D eigenvalue weighted by Crippen LogP contribution is 2.19. The number of piperazine rings is 1. The van der Waals surface area contributed by atoms with E-state index in [-0.39, 0.29) is 10.8 Å². The molecule has 0 bridgehead atoms. The maximum Gasteiger partial charge on any atom is 0.251 e. The Kier molecular flexibility index (Phi) is 7.38. The molecule has 0 unspecified atom stereocenters. The van der Waals surface area contributed by atoms with Crippen molar-refractivity contribution in [1.29, 1.82) is 0 Å². The van der Waals surface area contributed by atoms with Crippen LogP contribution in [0.3, 0.4) is 0 Å². The van der Waals surface area contributed by atoms with Gasteiger partial charge in [-0.05, 0) is 23.8 Å². The maximum atomic E-state index is 13.0. The molecule has 156 valence electrons. The SMILES string of the molecule is COCCNC(=O)c1cccc(S(=O)(=O)N2CCN(Cc3ccccc3)CC2)c1. The molecule has 1 aliphatic rings. The van der Waals surface area contributed by atoms with Crippen LogP contribution < -0.4 is 5.32 Å². The van der Waals surface area contributed by atoms with Gasteiger partial charge in [0.25, 0.3) is 5.91 Å². The molecule has 1 aliphatic heterocycles. The van der Waals surface area contributed by atoms with Crippen molar-refractivity contribution in [3.05, 3.63) is 65.7 Å². The summed E-state index contributed by atoms with van der Waals surface area (Å²) >= 11 is 0. The lowest BCUT2D eigenvalue weighted by atomic mass is 10.2. The number of nitrogens with one attached hydrogen (secondary N) is 1. The van der Waals surface area contributed by atoms with E-state index < -0.39 is 10.0 Å². The molecule has 2 aromatic rings. The zero-order valence-electron chi connectivity index (χ0n) is 16.6. The largest absolute Gasteiger partial charge is 0.383 e. The van der Waals surface area contributed by atoms with E-state index in [1.807, 2.05) is 18.2 Å². The molecular weight excluding hydrogens is 390 g/mol. The molecule has 7 nitrogen and oxygen atoms in total. The van der Waals surface area contributed by atoms with Gasteiger partial charge in [0.05, 0.1) is 11.5 Å². The Bertz CT molecular complexity index is 911. The molecule has 3 rings (SSSR count). The number of carbonyl (C=O) groups excluding carboxylic acids is 1.